The summed E-state index contributed by atoms with van der Waals surface area (Å²) in [5, 5.41) is 1.15. The molecule has 0 saturated heterocycles. The smallest absolute Gasteiger partial charge is 0.161 e. The van der Waals surface area contributed by atoms with Gasteiger partial charge in [-0.15, -0.1) is 11.3 Å². The number of hydrogen-bond donors (Lipinski definition) is 0. The van der Waals surface area contributed by atoms with Gasteiger partial charge in [0, 0.05) is 18.1 Å². The number of fused-ring (bicyclic) bond motifs is 1. The first kappa shape index (κ1) is 9.61. The fourth-order valence-electron chi connectivity index (χ4n) is 1.16. The summed E-state index contributed by atoms with van der Waals surface area (Å²) in [5.41, 5.74) is 0. The zero-order valence-electron chi connectivity index (χ0n) is 6.38. The van der Waals surface area contributed by atoms with Crippen LogP contribution >= 0.6 is 49.9 Å². The molecule has 0 N–H and O–H groups in total. The van der Waals surface area contributed by atoms with Gasteiger partial charge in [-0.1, -0.05) is 22.0 Å². The van der Waals surface area contributed by atoms with Gasteiger partial charge in [-0.2, -0.15) is 0 Å². The molecule has 0 unspecified atom stereocenters. The Hall–Kier alpha value is 0.0600. The molecule has 1 nitrogen and oxygen atoms in total. The van der Waals surface area contributed by atoms with Gasteiger partial charge in [0.15, 0.2) is 6.29 Å². The van der Waals surface area contributed by atoms with Gasteiger partial charge in [0.05, 0.1) is 4.88 Å². The monoisotopic (exact) mass is 366 g/mol. The first-order valence-corrected chi connectivity index (χ1v) is 6.24. The van der Waals surface area contributed by atoms with Crippen molar-refractivity contribution in [2.75, 3.05) is 0 Å². The van der Waals surface area contributed by atoms with Crippen molar-refractivity contribution in [3.63, 3.8) is 0 Å². The van der Waals surface area contributed by atoms with Crippen molar-refractivity contribution in [2.45, 2.75) is 0 Å². The summed E-state index contributed by atoms with van der Waals surface area (Å²) in [6, 6.07) is 6.00. The van der Waals surface area contributed by atoms with E-state index in [1.54, 1.807) is 0 Å². The maximum Gasteiger partial charge on any atom is 0.161 e. The second-order valence-electron chi connectivity index (χ2n) is 2.51. The zero-order chi connectivity index (χ0) is 9.42. The molecule has 66 valence electrons. The summed E-state index contributed by atoms with van der Waals surface area (Å²) >= 11 is 7.22. The number of rotatable bonds is 1. The lowest BCUT2D eigenvalue weighted by Gasteiger charge is -1.93. The maximum absolute atomic E-state index is 10.7. The van der Waals surface area contributed by atoms with Gasteiger partial charge in [0.25, 0.3) is 0 Å². The lowest BCUT2D eigenvalue weighted by atomic mass is 10.2. The Morgan fingerprint density at radius 3 is 2.85 bits per heavy atom. The van der Waals surface area contributed by atoms with E-state index in [4.69, 9.17) is 0 Å². The SMILES string of the molecule is O=Cc1sc2cccc(Br)c2c1I. The molecule has 0 aliphatic heterocycles. The molecule has 0 aliphatic rings. The second-order valence-corrected chi connectivity index (χ2v) is 5.53. The lowest BCUT2D eigenvalue weighted by Crippen LogP contribution is -1.75. The highest BCUT2D eigenvalue weighted by molar-refractivity contribution is 14.1. The molecule has 0 saturated carbocycles. The number of carbonyl (C=O) groups is 1. The van der Waals surface area contributed by atoms with Crippen molar-refractivity contribution < 1.29 is 4.79 Å². The van der Waals surface area contributed by atoms with Crippen LogP contribution in [0.5, 0.6) is 0 Å². The third kappa shape index (κ3) is 1.55. The van der Waals surface area contributed by atoms with Crippen LogP contribution < -0.4 is 0 Å². The van der Waals surface area contributed by atoms with E-state index >= 15 is 0 Å². The minimum atomic E-state index is 0.808. The topological polar surface area (TPSA) is 17.1 Å². The van der Waals surface area contributed by atoms with Crippen LogP contribution in [0.3, 0.4) is 0 Å². The molecule has 0 radical (unpaired) electrons. The van der Waals surface area contributed by atoms with Crippen LogP contribution in [-0.4, -0.2) is 6.29 Å². The third-order valence-corrected chi connectivity index (χ3v) is 4.97. The summed E-state index contributed by atoms with van der Waals surface area (Å²) < 4.78 is 3.25. The molecule has 13 heavy (non-hydrogen) atoms. The van der Waals surface area contributed by atoms with Gasteiger partial charge in [-0.3, -0.25) is 4.79 Å². The van der Waals surface area contributed by atoms with Gasteiger partial charge < -0.3 is 0 Å². The van der Waals surface area contributed by atoms with E-state index < -0.39 is 0 Å². The molecular weight excluding hydrogens is 363 g/mol. The predicted molar refractivity (Wildman–Crippen MR) is 67.6 cm³/mol. The molecule has 0 fully saturated rings. The first-order valence-electron chi connectivity index (χ1n) is 3.55. The molecule has 2 rings (SSSR count). The van der Waals surface area contributed by atoms with E-state index in [1.165, 1.54) is 11.3 Å². The fraction of sp³-hybridized carbons (Fsp3) is 0. The molecule has 1 heterocycles. The van der Waals surface area contributed by atoms with Crippen LogP contribution in [0, 0.1) is 3.57 Å². The van der Waals surface area contributed by atoms with E-state index in [1.807, 2.05) is 18.2 Å². The predicted octanol–water partition coefficient (Wildman–Crippen LogP) is 4.08. The summed E-state index contributed by atoms with van der Waals surface area (Å²) in [6.07, 6.45) is 0.916. The highest BCUT2D eigenvalue weighted by Crippen LogP contribution is 2.35. The van der Waals surface area contributed by atoms with Crippen LogP contribution in [0.1, 0.15) is 9.67 Å². The van der Waals surface area contributed by atoms with Crippen LogP contribution in [0.4, 0.5) is 0 Å². The number of hydrogen-bond acceptors (Lipinski definition) is 2. The Morgan fingerprint density at radius 2 is 2.23 bits per heavy atom. The van der Waals surface area contributed by atoms with Crippen LogP contribution in [-0.2, 0) is 0 Å². The van der Waals surface area contributed by atoms with E-state index in [0.717, 1.165) is 29.3 Å². The summed E-state index contributed by atoms with van der Waals surface area (Å²) in [4.78, 5) is 11.5. The van der Waals surface area contributed by atoms with Gasteiger partial charge in [0.2, 0.25) is 0 Å². The fourth-order valence-corrected chi connectivity index (χ4v) is 4.39. The Bertz CT molecular complexity index is 478. The standard InChI is InChI=1S/C9H4BrIOS/c10-5-2-1-3-6-8(5)9(11)7(4-12)13-6/h1-4H. The number of benzene rings is 1. The van der Waals surface area contributed by atoms with Crippen LogP contribution in [0.15, 0.2) is 22.7 Å². The highest BCUT2D eigenvalue weighted by Gasteiger charge is 2.10. The molecule has 0 spiro atoms. The maximum atomic E-state index is 10.7. The Morgan fingerprint density at radius 1 is 1.46 bits per heavy atom. The van der Waals surface area contributed by atoms with Gasteiger partial charge in [-0.25, -0.2) is 0 Å². The van der Waals surface area contributed by atoms with Crippen molar-refractivity contribution >= 4 is 66.2 Å². The zero-order valence-corrected chi connectivity index (χ0v) is 10.9. The van der Waals surface area contributed by atoms with Crippen molar-refractivity contribution in [3.05, 3.63) is 31.1 Å². The molecule has 0 aliphatic carbocycles. The van der Waals surface area contributed by atoms with Crippen molar-refractivity contribution in [1.29, 1.82) is 0 Å². The van der Waals surface area contributed by atoms with Crippen LogP contribution in [0.2, 0.25) is 0 Å². The molecule has 2 aromatic rings. The molecule has 1 aromatic carbocycles. The van der Waals surface area contributed by atoms with E-state index in [0.29, 0.717) is 0 Å². The van der Waals surface area contributed by atoms with Crippen molar-refractivity contribution in [2.24, 2.45) is 0 Å². The van der Waals surface area contributed by atoms with Crippen molar-refractivity contribution in [3.8, 4) is 0 Å². The Kier molecular flexibility index (Phi) is 2.71. The summed E-state index contributed by atoms with van der Waals surface area (Å²) in [7, 11) is 0. The van der Waals surface area contributed by atoms with E-state index in [-0.39, 0.29) is 0 Å². The summed E-state index contributed by atoms with van der Waals surface area (Å²) in [5.74, 6) is 0. The average molecular weight is 367 g/mol. The minimum Gasteiger partial charge on any atom is -0.297 e. The van der Waals surface area contributed by atoms with E-state index in [9.17, 15) is 4.79 Å². The Balaban J connectivity index is 2.92. The Labute approximate surface area is 101 Å². The number of carbonyl (C=O) groups excluding carboxylic acids is 1. The first-order chi connectivity index (χ1) is 6.24. The normalized spacial score (nSPS) is 10.6. The number of aldehydes is 1. The third-order valence-electron chi connectivity index (χ3n) is 1.74. The van der Waals surface area contributed by atoms with Crippen LogP contribution in [0.25, 0.3) is 10.1 Å². The van der Waals surface area contributed by atoms with Gasteiger partial charge in [0.1, 0.15) is 0 Å². The second kappa shape index (κ2) is 3.67. The molecular formula is C9H4BrIOS. The van der Waals surface area contributed by atoms with Gasteiger partial charge >= 0.3 is 0 Å². The quantitative estimate of drug-likeness (QED) is 0.549. The lowest BCUT2D eigenvalue weighted by molar-refractivity contribution is 0.112. The highest BCUT2D eigenvalue weighted by atomic mass is 127. The molecule has 0 bridgehead atoms. The molecule has 1 aromatic heterocycles. The summed E-state index contributed by atoms with van der Waals surface area (Å²) in [6.45, 7) is 0. The number of thiophene rings is 1. The van der Waals surface area contributed by atoms with E-state index in [2.05, 4.69) is 38.5 Å². The molecule has 4 heteroatoms. The van der Waals surface area contributed by atoms with Crippen molar-refractivity contribution in [1.82, 2.24) is 0 Å². The minimum absolute atomic E-state index is 0.808. The molecule has 0 atom stereocenters. The average Bonchev–Trinajstić information content (AvgIpc) is 2.44. The number of halogens is 2. The largest absolute Gasteiger partial charge is 0.297 e. The van der Waals surface area contributed by atoms with Gasteiger partial charge in [-0.05, 0) is 34.7 Å². The molecule has 0 amide bonds.